The van der Waals surface area contributed by atoms with Gasteiger partial charge in [0.1, 0.15) is 5.75 Å². The second-order valence-corrected chi connectivity index (χ2v) is 6.78. The summed E-state index contributed by atoms with van der Waals surface area (Å²) in [5.74, 6) is 0.871. The van der Waals surface area contributed by atoms with Crippen molar-refractivity contribution < 1.29 is 4.74 Å². The van der Waals surface area contributed by atoms with E-state index in [-0.39, 0.29) is 0 Å². The van der Waals surface area contributed by atoms with Crippen LogP contribution in [0.5, 0.6) is 5.75 Å². The molecular weight excluding hydrogens is 384 g/mol. The molecule has 0 bridgehead atoms. The van der Waals surface area contributed by atoms with Gasteiger partial charge in [0.05, 0.1) is 15.6 Å². The quantitative estimate of drug-likeness (QED) is 0.658. The van der Waals surface area contributed by atoms with Crippen LogP contribution in [0.15, 0.2) is 21.1 Å². The minimum atomic E-state index is 0.588. The molecule has 0 aliphatic carbocycles. The normalized spacial score (nSPS) is 11.4. The molecular formula is C15H24Br2N2O. The molecule has 0 unspecified atom stereocenters. The Morgan fingerprint density at radius 1 is 1.25 bits per heavy atom. The fraction of sp³-hybridized carbons (Fsp3) is 0.600. The molecule has 1 rings (SSSR count). The Morgan fingerprint density at radius 2 is 1.85 bits per heavy atom. The number of hydrogen-bond donors (Lipinski definition) is 1. The molecule has 5 heteroatoms. The predicted octanol–water partition coefficient (Wildman–Crippen LogP) is 4.04. The molecule has 1 aromatic carbocycles. The molecule has 0 radical (unpaired) electrons. The van der Waals surface area contributed by atoms with Crippen LogP contribution in [0.1, 0.15) is 26.3 Å². The van der Waals surface area contributed by atoms with Gasteiger partial charge in [-0.2, -0.15) is 0 Å². The maximum absolute atomic E-state index is 5.59. The van der Waals surface area contributed by atoms with E-state index >= 15 is 0 Å². The summed E-state index contributed by atoms with van der Waals surface area (Å²) in [6, 6.07) is 4.80. The van der Waals surface area contributed by atoms with E-state index in [0.29, 0.717) is 12.6 Å². The molecule has 0 aliphatic heterocycles. The average molecular weight is 408 g/mol. The summed E-state index contributed by atoms with van der Waals surface area (Å²) in [4.78, 5) is 2.33. The van der Waals surface area contributed by atoms with Crippen molar-refractivity contribution in [3.63, 3.8) is 0 Å². The van der Waals surface area contributed by atoms with Crippen molar-refractivity contribution in [1.82, 2.24) is 10.2 Å². The standard InChI is InChI=1S/C15H24Br2N2O/c1-5-20-15-13(16)8-12(9-14(15)17)10-18-6-7-19(4)11(2)3/h8-9,11,18H,5-7,10H2,1-4H3. The number of hydrogen-bond acceptors (Lipinski definition) is 3. The average Bonchev–Trinajstić information content (AvgIpc) is 2.38. The Morgan fingerprint density at radius 3 is 2.35 bits per heavy atom. The SMILES string of the molecule is CCOc1c(Br)cc(CNCCN(C)C(C)C)cc1Br. The minimum Gasteiger partial charge on any atom is -0.492 e. The van der Waals surface area contributed by atoms with E-state index in [1.165, 1.54) is 5.56 Å². The second kappa shape index (κ2) is 9.03. The molecule has 0 amide bonds. The largest absolute Gasteiger partial charge is 0.492 e. The molecule has 0 heterocycles. The zero-order chi connectivity index (χ0) is 15.1. The first-order valence-corrected chi connectivity index (χ1v) is 8.56. The van der Waals surface area contributed by atoms with Gasteiger partial charge in [0.25, 0.3) is 0 Å². The smallest absolute Gasteiger partial charge is 0.147 e. The van der Waals surface area contributed by atoms with Gasteiger partial charge in [0.2, 0.25) is 0 Å². The van der Waals surface area contributed by atoms with Crippen molar-refractivity contribution in [3.05, 3.63) is 26.6 Å². The number of halogens is 2. The number of likely N-dealkylation sites (N-methyl/N-ethyl adjacent to an activating group) is 1. The highest BCUT2D eigenvalue weighted by molar-refractivity contribution is 9.11. The van der Waals surface area contributed by atoms with Crippen LogP contribution < -0.4 is 10.1 Å². The van der Waals surface area contributed by atoms with Crippen LogP contribution in [0.2, 0.25) is 0 Å². The fourth-order valence-electron chi connectivity index (χ4n) is 1.74. The van der Waals surface area contributed by atoms with Gasteiger partial charge in [0, 0.05) is 25.7 Å². The molecule has 0 spiro atoms. The van der Waals surface area contributed by atoms with Crippen LogP contribution in [0, 0.1) is 0 Å². The van der Waals surface area contributed by atoms with Gasteiger partial charge in [0.15, 0.2) is 0 Å². The summed E-state index contributed by atoms with van der Waals surface area (Å²) in [6.07, 6.45) is 0. The first-order valence-electron chi connectivity index (χ1n) is 6.97. The Balaban J connectivity index is 2.49. The summed E-state index contributed by atoms with van der Waals surface area (Å²) < 4.78 is 7.57. The second-order valence-electron chi connectivity index (χ2n) is 5.07. The maximum Gasteiger partial charge on any atom is 0.147 e. The monoisotopic (exact) mass is 406 g/mol. The summed E-state index contributed by atoms with van der Waals surface area (Å²) in [5.41, 5.74) is 1.24. The maximum atomic E-state index is 5.59. The van der Waals surface area contributed by atoms with Gasteiger partial charge >= 0.3 is 0 Å². The van der Waals surface area contributed by atoms with E-state index in [1.807, 2.05) is 6.92 Å². The Hall–Kier alpha value is -0.100. The van der Waals surface area contributed by atoms with Crippen molar-refractivity contribution in [1.29, 1.82) is 0 Å². The molecule has 3 nitrogen and oxygen atoms in total. The molecule has 0 fully saturated rings. The van der Waals surface area contributed by atoms with Crippen LogP contribution in [0.3, 0.4) is 0 Å². The molecule has 1 aromatic rings. The van der Waals surface area contributed by atoms with Gasteiger partial charge in [-0.3, -0.25) is 0 Å². The third kappa shape index (κ3) is 5.72. The molecule has 0 saturated heterocycles. The lowest BCUT2D eigenvalue weighted by molar-refractivity contribution is 0.273. The zero-order valence-electron chi connectivity index (χ0n) is 12.7. The minimum absolute atomic E-state index is 0.588. The van der Waals surface area contributed by atoms with Crippen molar-refractivity contribution in [3.8, 4) is 5.75 Å². The topological polar surface area (TPSA) is 24.5 Å². The van der Waals surface area contributed by atoms with Crippen LogP contribution in [0.25, 0.3) is 0 Å². The van der Waals surface area contributed by atoms with Crippen molar-refractivity contribution in [2.75, 3.05) is 26.7 Å². The Kier molecular flexibility index (Phi) is 8.10. The number of benzene rings is 1. The summed E-state index contributed by atoms with van der Waals surface area (Å²) in [6.45, 7) is 9.96. The van der Waals surface area contributed by atoms with Gasteiger partial charge in [-0.1, -0.05) is 0 Å². The van der Waals surface area contributed by atoms with E-state index < -0.39 is 0 Å². The highest BCUT2D eigenvalue weighted by Crippen LogP contribution is 2.34. The highest BCUT2D eigenvalue weighted by atomic mass is 79.9. The molecule has 114 valence electrons. The van der Waals surface area contributed by atoms with Crippen molar-refractivity contribution >= 4 is 31.9 Å². The van der Waals surface area contributed by atoms with E-state index in [0.717, 1.165) is 34.3 Å². The first-order chi connectivity index (χ1) is 9.45. The Bertz CT molecular complexity index is 401. The van der Waals surface area contributed by atoms with Gasteiger partial charge in [-0.15, -0.1) is 0 Å². The lowest BCUT2D eigenvalue weighted by atomic mass is 10.2. The summed E-state index contributed by atoms with van der Waals surface area (Å²) >= 11 is 7.12. The lowest BCUT2D eigenvalue weighted by Crippen LogP contribution is -2.33. The van der Waals surface area contributed by atoms with Crippen molar-refractivity contribution in [2.45, 2.75) is 33.4 Å². The van der Waals surface area contributed by atoms with E-state index in [9.17, 15) is 0 Å². The number of nitrogens with zero attached hydrogens (tertiary/aromatic N) is 1. The number of nitrogens with one attached hydrogen (secondary N) is 1. The summed E-state index contributed by atoms with van der Waals surface area (Å²) in [5, 5.41) is 3.47. The third-order valence-electron chi connectivity index (χ3n) is 3.20. The Labute approximate surface area is 139 Å². The van der Waals surface area contributed by atoms with E-state index in [1.54, 1.807) is 0 Å². The lowest BCUT2D eigenvalue weighted by Gasteiger charge is -2.21. The van der Waals surface area contributed by atoms with E-state index in [4.69, 9.17) is 4.74 Å². The van der Waals surface area contributed by atoms with Crippen LogP contribution in [-0.2, 0) is 6.54 Å². The first kappa shape index (κ1) is 18.0. The third-order valence-corrected chi connectivity index (χ3v) is 4.38. The fourth-order valence-corrected chi connectivity index (χ4v) is 3.25. The van der Waals surface area contributed by atoms with Crippen molar-refractivity contribution in [2.24, 2.45) is 0 Å². The molecule has 0 saturated carbocycles. The molecule has 0 aliphatic rings. The van der Waals surface area contributed by atoms with Crippen LogP contribution >= 0.6 is 31.9 Å². The molecule has 1 N–H and O–H groups in total. The van der Waals surface area contributed by atoms with Gasteiger partial charge < -0.3 is 15.0 Å². The van der Waals surface area contributed by atoms with Crippen LogP contribution in [-0.4, -0.2) is 37.7 Å². The zero-order valence-corrected chi connectivity index (χ0v) is 15.8. The van der Waals surface area contributed by atoms with Crippen LogP contribution in [0.4, 0.5) is 0 Å². The number of rotatable bonds is 8. The summed E-state index contributed by atoms with van der Waals surface area (Å²) in [7, 11) is 2.15. The van der Waals surface area contributed by atoms with Gasteiger partial charge in [-0.25, -0.2) is 0 Å². The number of ether oxygens (including phenoxy) is 1. The molecule has 20 heavy (non-hydrogen) atoms. The van der Waals surface area contributed by atoms with E-state index in [2.05, 4.69) is 75.1 Å². The predicted molar refractivity (Wildman–Crippen MR) is 92.5 cm³/mol. The highest BCUT2D eigenvalue weighted by Gasteiger charge is 2.08. The molecule has 0 aromatic heterocycles. The van der Waals surface area contributed by atoms with Gasteiger partial charge in [-0.05, 0) is 77.4 Å². The molecule has 0 atom stereocenters.